The molecule has 2 aliphatic heterocycles. The van der Waals surface area contributed by atoms with Crippen molar-refractivity contribution >= 4 is 17.4 Å². The van der Waals surface area contributed by atoms with Crippen molar-refractivity contribution < 1.29 is 28.9 Å². The highest BCUT2D eigenvalue weighted by Gasteiger charge is 2.45. The van der Waals surface area contributed by atoms with Crippen LogP contribution in [0.5, 0.6) is 11.5 Å². The van der Waals surface area contributed by atoms with E-state index in [1.807, 2.05) is 37.3 Å². The second-order valence-electron chi connectivity index (χ2n) is 10.4. The summed E-state index contributed by atoms with van der Waals surface area (Å²) in [5.74, 6) is -0.190. The van der Waals surface area contributed by atoms with Gasteiger partial charge in [-0.25, -0.2) is 0 Å². The summed E-state index contributed by atoms with van der Waals surface area (Å²) in [5, 5.41) is 11.4. The lowest BCUT2D eigenvalue weighted by Gasteiger charge is -2.29. The molecule has 1 N–H and O–H groups in total. The van der Waals surface area contributed by atoms with Gasteiger partial charge in [-0.1, -0.05) is 42.0 Å². The Hall–Kier alpha value is -4.14. The summed E-state index contributed by atoms with van der Waals surface area (Å²) in [6.45, 7) is 6.75. The van der Waals surface area contributed by atoms with Gasteiger partial charge in [0, 0.05) is 31.7 Å². The molecule has 0 saturated carbocycles. The fraction of sp³-hybridized carbons (Fsp3) is 0.333. The third kappa shape index (κ3) is 6.61. The number of amides is 1. The van der Waals surface area contributed by atoms with Crippen LogP contribution in [0.3, 0.4) is 0 Å². The van der Waals surface area contributed by atoms with Gasteiger partial charge >= 0.3 is 0 Å². The number of benzene rings is 3. The molecule has 214 valence electrons. The zero-order chi connectivity index (χ0) is 28.8. The first-order valence-electron chi connectivity index (χ1n) is 14.0. The fourth-order valence-corrected chi connectivity index (χ4v) is 5.37. The fourth-order valence-electron chi connectivity index (χ4n) is 5.37. The smallest absolute Gasteiger partial charge is 0.295 e. The lowest BCUT2D eigenvalue weighted by atomic mass is 9.95. The molecule has 1 amide bonds. The second kappa shape index (κ2) is 13.0. The summed E-state index contributed by atoms with van der Waals surface area (Å²) in [7, 11) is 1.58. The van der Waals surface area contributed by atoms with Crippen molar-refractivity contribution in [2.24, 2.45) is 0 Å². The first-order valence-corrected chi connectivity index (χ1v) is 14.0. The molecule has 2 heterocycles. The van der Waals surface area contributed by atoms with Crippen molar-refractivity contribution in [3.63, 3.8) is 0 Å². The third-order valence-electron chi connectivity index (χ3n) is 7.56. The number of hydrogen-bond donors (Lipinski definition) is 1. The number of hydrogen-bond acceptors (Lipinski definition) is 7. The minimum Gasteiger partial charge on any atom is -0.507 e. The highest BCUT2D eigenvalue weighted by atomic mass is 16.5. The molecule has 0 bridgehead atoms. The van der Waals surface area contributed by atoms with Crippen molar-refractivity contribution in [1.29, 1.82) is 0 Å². The Labute approximate surface area is 240 Å². The van der Waals surface area contributed by atoms with Crippen molar-refractivity contribution in [1.82, 2.24) is 9.80 Å². The minimum absolute atomic E-state index is 0.0833. The number of aryl methyl sites for hydroxylation is 1. The van der Waals surface area contributed by atoms with Crippen molar-refractivity contribution in [3.8, 4) is 11.5 Å². The number of ketones is 1. The van der Waals surface area contributed by atoms with Crippen LogP contribution in [0.15, 0.2) is 78.4 Å². The van der Waals surface area contributed by atoms with Gasteiger partial charge in [0.25, 0.3) is 11.7 Å². The van der Waals surface area contributed by atoms with Crippen molar-refractivity contribution in [2.75, 3.05) is 46.5 Å². The number of likely N-dealkylation sites (tertiary alicyclic amines) is 1. The molecule has 2 aliphatic rings. The molecule has 3 aromatic carbocycles. The van der Waals surface area contributed by atoms with Crippen LogP contribution >= 0.6 is 0 Å². The Morgan fingerprint density at radius 1 is 0.951 bits per heavy atom. The molecule has 5 rings (SSSR count). The Bertz CT molecular complexity index is 1390. The van der Waals surface area contributed by atoms with Crippen LogP contribution in [-0.2, 0) is 20.9 Å². The van der Waals surface area contributed by atoms with E-state index in [-0.39, 0.29) is 11.3 Å². The first kappa shape index (κ1) is 28.4. The number of nitrogens with zero attached hydrogens (tertiary/aromatic N) is 2. The van der Waals surface area contributed by atoms with Gasteiger partial charge < -0.3 is 24.2 Å². The van der Waals surface area contributed by atoms with Crippen molar-refractivity contribution in [3.05, 3.63) is 101 Å². The summed E-state index contributed by atoms with van der Waals surface area (Å²) in [6, 6.07) is 21.6. The van der Waals surface area contributed by atoms with E-state index >= 15 is 0 Å². The summed E-state index contributed by atoms with van der Waals surface area (Å²) in [5.41, 5.74) is 3.48. The van der Waals surface area contributed by atoms with E-state index in [0.29, 0.717) is 49.8 Å². The lowest BCUT2D eigenvalue weighted by Crippen LogP contribution is -2.38. The van der Waals surface area contributed by atoms with Gasteiger partial charge in [-0.05, 0) is 60.9 Å². The Balaban J connectivity index is 1.39. The third-order valence-corrected chi connectivity index (χ3v) is 7.56. The maximum Gasteiger partial charge on any atom is 0.295 e. The summed E-state index contributed by atoms with van der Waals surface area (Å²) >= 11 is 0. The Morgan fingerprint density at radius 2 is 1.66 bits per heavy atom. The average molecular weight is 557 g/mol. The molecule has 8 nitrogen and oxygen atoms in total. The van der Waals surface area contributed by atoms with E-state index in [0.717, 1.165) is 36.3 Å². The number of aliphatic hydroxyl groups is 1. The molecule has 0 aromatic heterocycles. The largest absolute Gasteiger partial charge is 0.507 e. The highest BCUT2D eigenvalue weighted by Crippen LogP contribution is 2.40. The van der Waals surface area contributed by atoms with E-state index in [1.54, 1.807) is 48.4 Å². The summed E-state index contributed by atoms with van der Waals surface area (Å²) in [6.07, 6.45) is 0.701. The Kier molecular flexibility index (Phi) is 9.01. The van der Waals surface area contributed by atoms with Crippen molar-refractivity contribution in [2.45, 2.75) is 26.0 Å². The number of rotatable bonds is 10. The van der Waals surface area contributed by atoms with Gasteiger partial charge in [-0.2, -0.15) is 0 Å². The summed E-state index contributed by atoms with van der Waals surface area (Å²) in [4.78, 5) is 30.5. The molecule has 2 fully saturated rings. The van der Waals surface area contributed by atoms with E-state index in [4.69, 9.17) is 14.2 Å². The molecule has 0 aliphatic carbocycles. The molecular formula is C33H36N2O6. The molecule has 1 atom stereocenters. The monoisotopic (exact) mass is 556 g/mol. The van der Waals surface area contributed by atoms with E-state index in [2.05, 4.69) is 11.0 Å². The first-order chi connectivity index (χ1) is 19.9. The lowest BCUT2D eigenvalue weighted by molar-refractivity contribution is -0.140. The SMILES string of the molecule is COc1ccc([C@H]2/C(=C(\O)c3ccc(OCc4cccc(C)c4)cc3)C(=O)C(=O)N2CCCN2CCOCC2)cc1. The quantitative estimate of drug-likeness (QED) is 0.220. The Morgan fingerprint density at radius 3 is 2.34 bits per heavy atom. The number of methoxy groups -OCH3 is 1. The predicted molar refractivity (Wildman–Crippen MR) is 156 cm³/mol. The maximum atomic E-state index is 13.4. The number of Topliss-reactive ketones (excluding diaryl/α,β-unsaturated/α-hetero) is 1. The van der Waals surface area contributed by atoms with Gasteiger partial charge in [0.15, 0.2) is 0 Å². The number of ether oxygens (including phenoxy) is 3. The van der Waals surface area contributed by atoms with E-state index < -0.39 is 17.7 Å². The van der Waals surface area contributed by atoms with E-state index in [1.165, 1.54) is 0 Å². The zero-order valence-corrected chi connectivity index (χ0v) is 23.5. The van der Waals surface area contributed by atoms with Gasteiger partial charge in [0.1, 0.15) is 23.9 Å². The standard InChI is InChI=1S/C33H36N2O6/c1-23-5-3-6-24(21-23)22-41-28-13-9-26(10-14-28)31(36)29-30(25-7-11-27(39-2)12-8-25)35(33(38)32(29)37)16-4-15-34-17-19-40-20-18-34/h3,5-14,21,30,36H,4,15-20,22H2,1-2H3/b31-29+/t30-/m0/s1. The molecule has 0 radical (unpaired) electrons. The van der Waals surface area contributed by atoms with Crippen LogP contribution < -0.4 is 9.47 Å². The van der Waals surface area contributed by atoms with Gasteiger partial charge in [-0.15, -0.1) is 0 Å². The zero-order valence-electron chi connectivity index (χ0n) is 23.5. The van der Waals surface area contributed by atoms with Crippen LogP contribution in [-0.4, -0.2) is 73.1 Å². The van der Waals surface area contributed by atoms with Crippen LogP contribution in [0.25, 0.3) is 5.76 Å². The normalized spacial score (nSPS) is 19.0. The topological polar surface area (TPSA) is 88.5 Å². The molecule has 0 unspecified atom stereocenters. The number of carbonyl (C=O) groups excluding carboxylic acids is 2. The van der Waals surface area contributed by atoms with Crippen LogP contribution in [0.4, 0.5) is 0 Å². The van der Waals surface area contributed by atoms with E-state index in [9.17, 15) is 14.7 Å². The van der Waals surface area contributed by atoms with Gasteiger partial charge in [-0.3, -0.25) is 14.5 Å². The maximum absolute atomic E-state index is 13.4. The molecule has 3 aromatic rings. The molecular weight excluding hydrogens is 520 g/mol. The number of carbonyl (C=O) groups is 2. The van der Waals surface area contributed by atoms with Crippen LogP contribution in [0.2, 0.25) is 0 Å². The molecule has 41 heavy (non-hydrogen) atoms. The summed E-state index contributed by atoms with van der Waals surface area (Å²) < 4.78 is 16.7. The minimum atomic E-state index is -0.706. The van der Waals surface area contributed by atoms with Gasteiger partial charge in [0.2, 0.25) is 0 Å². The molecule has 8 heteroatoms. The number of aliphatic hydroxyl groups excluding tert-OH is 1. The molecule has 0 spiro atoms. The second-order valence-corrected chi connectivity index (χ2v) is 10.4. The predicted octanol–water partition coefficient (Wildman–Crippen LogP) is 4.73. The average Bonchev–Trinajstić information content (AvgIpc) is 3.25. The number of morpholine rings is 1. The van der Waals surface area contributed by atoms with Gasteiger partial charge in [0.05, 0.1) is 31.9 Å². The van der Waals surface area contributed by atoms with Crippen LogP contribution in [0.1, 0.15) is 34.7 Å². The molecule has 2 saturated heterocycles. The van der Waals surface area contributed by atoms with Crippen LogP contribution in [0, 0.1) is 6.92 Å². The highest BCUT2D eigenvalue weighted by molar-refractivity contribution is 6.46.